The summed E-state index contributed by atoms with van der Waals surface area (Å²) in [5.74, 6) is 1.43. The van der Waals surface area contributed by atoms with E-state index in [1.54, 1.807) is 21.2 Å². The van der Waals surface area contributed by atoms with Gasteiger partial charge in [0.05, 0.1) is 18.5 Å². The predicted octanol–water partition coefficient (Wildman–Crippen LogP) is 1.81. The molecule has 1 atom stereocenters. The Balaban J connectivity index is 1.94. The molecular weight excluding hydrogens is 378 g/mol. The fourth-order valence-electron chi connectivity index (χ4n) is 3.18. The molecule has 9 heteroatoms. The lowest BCUT2D eigenvalue weighted by molar-refractivity contribution is 0.415. The molecule has 0 saturated carbocycles. The topological polar surface area (TPSA) is 78.9 Å². The highest BCUT2D eigenvalue weighted by Crippen LogP contribution is 2.31. The Bertz CT molecular complexity index is 929. The Labute approximate surface area is 166 Å². The van der Waals surface area contributed by atoms with E-state index in [2.05, 4.69) is 4.98 Å². The Morgan fingerprint density at radius 2 is 1.79 bits per heavy atom. The van der Waals surface area contributed by atoms with Crippen molar-refractivity contribution in [1.82, 2.24) is 18.6 Å². The second-order valence-electron chi connectivity index (χ2n) is 7.23. The second kappa shape index (κ2) is 8.02. The van der Waals surface area contributed by atoms with Gasteiger partial charge in [-0.15, -0.1) is 0 Å². The fourth-order valence-corrected chi connectivity index (χ4v) is 4.35. The van der Waals surface area contributed by atoms with Crippen LogP contribution in [0, 0.1) is 0 Å². The first-order chi connectivity index (χ1) is 13.2. The quantitative estimate of drug-likeness (QED) is 0.729. The van der Waals surface area contributed by atoms with Crippen LogP contribution >= 0.6 is 0 Å². The van der Waals surface area contributed by atoms with Gasteiger partial charge >= 0.3 is 0 Å². The van der Waals surface area contributed by atoms with Crippen LogP contribution in [-0.4, -0.2) is 75.4 Å². The zero-order valence-corrected chi connectivity index (χ0v) is 17.8. The molecule has 1 fully saturated rings. The summed E-state index contributed by atoms with van der Waals surface area (Å²) in [5.41, 5.74) is 2.63. The van der Waals surface area contributed by atoms with Crippen molar-refractivity contribution in [2.24, 2.45) is 0 Å². The summed E-state index contributed by atoms with van der Waals surface area (Å²) in [4.78, 5) is 11.2. The number of rotatable bonds is 6. The molecule has 1 aromatic heterocycles. The minimum absolute atomic E-state index is 0.0356. The molecule has 0 N–H and O–H groups in total. The third kappa shape index (κ3) is 4.11. The highest BCUT2D eigenvalue weighted by Gasteiger charge is 2.34. The van der Waals surface area contributed by atoms with Crippen LogP contribution in [0.4, 0.5) is 5.95 Å². The fraction of sp³-hybridized carbons (Fsp3) is 0.474. The maximum absolute atomic E-state index is 12.4. The summed E-state index contributed by atoms with van der Waals surface area (Å²) in [7, 11) is 5.12. The standard InChI is InChI=1S/C19H27N5O3S/c1-22(2)19-20-17(14-6-8-16(27-5)9-7-14)12-18(21-19)15-10-11-24(13-15)28(25,26)23(3)4/h6-9,12,15H,10-11,13H2,1-5H3/t15-/m0/s1. The van der Waals surface area contributed by atoms with Crippen molar-refractivity contribution in [2.75, 3.05) is 53.3 Å². The van der Waals surface area contributed by atoms with Gasteiger partial charge in [-0.1, -0.05) is 0 Å². The average molecular weight is 406 g/mol. The lowest BCUT2D eigenvalue weighted by Gasteiger charge is -2.21. The maximum atomic E-state index is 12.4. The molecule has 0 radical (unpaired) electrons. The SMILES string of the molecule is COc1ccc(-c2cc([C@H]3CCN(S(=O)(=O)N(C)C)C3)nc(N(C)C)n2)cc1. The van der Waals surface area contributed by atoms with Gasteiger partial charge in [0.1, 0.15) is 5.75 Å². The van der Waals surface area contributed by atoms with E-state index < -0.39 is 10.2 Å². The van der Waals surface area contributed by atoms with Crippen molar-refractivity contribution in [3.63, 3.8) is 0 Å². The molecule has 2 aromatic rings. The van der Waals surface area contributed by atoms with Crippen molar-refractivity contribution >= 4 is 16.2 Å². The summed E-state index contributed by atoms with van der Waals surface area (Å²) in [6.07, 6.45) is 0.735. The Morgan fingerprint density at radius 3 is 2.36 bits per heavy atom. The first-order valence-electron chi connectivity index (χ1n) is 9.10. The van der Waals surface area contributed by atoms with E-state index in [-0.39, 0.29) is 5.92 Å². The van der Waals surface area contributed by atoms with Gasteiger partial charge in [0, 0.05) is 52.8 Å². The highest BCUT2D eigenvalue weighted by molar-refractivity contribution is 7.86. The normalized spacial score (nSPS) is 17.9. The second-order valence-corrected chi connectivity index (χ2v) is 9.38. The Morgan fingerprint density at radius 1 is 1.11 bits per heavy atom. The summed E-state index contributed by atoms with van der Waals surface area (Å²) in [6, 6.07) is 9.68. The van der Waals surface area contributed by atoms with Gasteiger partial charge in [-0.2, -0.15) is 17.0 Å². The van der Waals surface area contributed by atoms with E-state index in [9.17, 15) is 8.42 Å². The first-order valence-corrected chi connectivity index (χ1v) is 10.5. The van der Waals surface area contributed by atoms with Crippen LogP contribution in [0.2, 0.25) is 0 Å². The van der Waals surface area contributed by atoms with Crippen molar-refractivity contribution in [3.8, 4) is 17.0 Å². The zero-order chi connectivity index (χ0) is 20.5. The van der Waals surface area contributed by atoms with Crippen LogP contribution in [0.25, 0.3) is 11.3 Å². The molecule has 1 saturated heterocycles. The molecule has 0 aliphatic carbocycles. The lowest BCUT2D eigenvalue weighted by Crippen LogP contribution is -2.38. The number of aromatic nitrogens is 2. The molecule has 0 spiro atoms. The van der Waals surface area contributed by atoms with Crippen LogP contribution in [0.1, 0.15) is 18.0 Å². The molecule has 1 aliphatic heterocycles. The van der Waals surface area contributed by atoms with Crippen LogP contribution in [0.5, 0.6) is 5.75 Å². The smallest absolute Gasteiger partial charge is 0.281 e. The first kappa shape index (κ1) is 20.5. The van der Waals surface area contributed by atoms with E-state index in [1.807, 2.05) is 49.3 Å². The zero-order valence-electron chi connectivity index (χ0n) is 17.0. The van der Waals surface area contributed by atoms with Gasteiger partial charge in [0.15, 0.2) is 0 Å². The monoisotopic (exact) mass is 405 g/mol. The lowest BCUT2D eigenvalue weighted by atomic mass is 10.0. The van der Waals surface area contributed by atoms with E-state index in [1.165, 1.54) is 8.61 Å². The molecule has 3 rings (SSSR count). The Kier molecular flexibility index (Phi) is 5.87. The van der Waals surface area contributed by atoms with Gasteiger partial charge in [0.2, 0.25) is 5.95 Å². The molecule has 1 aromatic carbocycles. The van der Waals surface area contributed by atoms with Crippen LogP contribution < -0.4 is 9.64 Å². The average Bonchev–Trinajstić information content (AvgIpc) is 3.18. The van der Waals surface area contributed by atoms with Gasteiger partial charge in [-0.25, -0.2) is 9.97 Å². The summed E-state index contributed by atoms with van der Waals surface area (Å²) in [5, 5.41) is 0. The summed E-state index contributed by atoms with van der Waals surface area (Å²) in [6.45, 7) is 0.913. The predicted molar refractivity (Wildman–Crippen MR) is 110 cm³/mol. The molecule has 8 nitrogen and oxygen atoms in total. The third-order valence-electron chi connectivity index (χ3n) is 4.88. The molecule has 2 heterocycles. The van der Waals surface area contributed by atoms with Gasteiger partial charge in [-0.3, -0.25) is 0 Å². The van der Waals surface area contributed by atoms with Gasteiger partial charge < -0.3 is 9.64 Å². The molecule has 0 amide bonds. The maximum Gasteiger partial charge on any atom is 0.281 e. The van der Waals surface area contributed by atoms with Crippen LogP contribution in [0.15, 0.2) is 30.3 Å². The number of hydrogen-bond acceptors (Lipinski definition) is 6. The number of ether oxygens (including phenoxy) is 1. The molecule has 28 heavy (non-hydrogen) atoms. The van der Waals surface area contributed by atoms with E-state index in [4.69, 9.17) is 9.72 Å². The van der Waals surface area contributed by atoms with Crippen LogP contribution in [0.3, 0.4) is 0 Å². The Hall–Kier alpha value is -2.23. The van der Waals surface area contributed by atoms with E-state index in [0.29, 0.717) is 19.0 Å². The van der Waals surface area contributed by atoms with Gasteiger partial charge in [-0.05, 0) is 36.8 Å². The van der Waals surface area contributed by atoms with Crippen molar-refractivity contribution in [1.29, 1.82) is 0 Å². The van der Waals surface area contributed by atoms with Gasteiger partial charge in [0.25, 0.3) is 10.2 Å². The minimum Gasteiger partial charge on any atom is -0.497 e. The number of benzene rings is 1. The van der Waals surface area contributed by atoms with Crippen molar-refractivity contribution in [3.05, 3.63) is 36.0 Å². The number of nitrogens with zero attached hydrogens (tertiary/aromatic N) is 5. The molecular formula is C19H27N5O3S. The molecule has 1 aliphatic rings. The third-order valence-corrected chi connectivity index (χ3v) is 6.78. The van der Waals surface area contributed by atoms with Crippen LogP contribution in [-0.2, 0) is 10.2 Å². The highest BCUT2D eigenvalue weighted by atomic mass is 32.2. The summed E-state index contributed by atoms with van der Waals surface area (Å²) >= 11 is 0. The van der Waals surface area contributed by atoms with E-state index in [0.717, 1.165) is 29.1 Å². The summed E-state index contributed by atoms with van der Waals surface area (Å²) < 4.78 is 32.9. The minimum atomic E-state index is -3.42. The van der Waals surface area contributed by atoms with Crippen molar-refractivity contribution < 1.29 is 13.2 Å². The number of hydrogen-bond donors (Lipinski definition) is 0. The molecule has 0 bridgehead atoms. The van der Waals surface area contributed by atoms with E-state index >= 15 is 0 Å². The number of anilines is 1. The number of methoxy groups -OCH3 is 1. The molecule has 0 unspecified atom stereocenters. The van der Waals surface area contributed by atoms with Crippen molar-refractivity contribution in [2.45, 2.75) is 12.3 Å². The largest absolute Gasteiger partial charge is 0.497 e. The molecule has 152 valence electrons.